The van der Waals surface area contributed by atoms with Gasteiger partial charge in [0, 0.05) is 17.7 Å². The molecule has 6 nitrogen and oxygen atoms in total. The maximum absolute atomic E-state index is 12.8. The van der Waals surface area contributed by atoms with Crippen LogP contribution >= 0.6 is 0 Å². The van der Waals surface area contributed by atoms with Crippen molar-refractivity contribution >= 4 is 5.91 Å². The predicted octanol–water partition coefficient (Wildman–Crippen LogP) is 5.06. The van der Waals surface area contributed by atoms with E-state index in [1.165, 1.54) is 30.5 Å². The number of rotatable bonds is 8. The number of aliphatic hydroxyl groups is 1. The molecule has 4 rings (SSSR count). The molecular weight excluding hydrogens is 437 g/mol. The van der Waals surface area contributed by atoms with Crippen LogP contribution in [-0.2, 0) is 0 Å². The number of aromatic nitrogens is 1. The standard InChI is InChI=1S/C24H27F3N2O4/c25-24(26,27)33-19-10-8-16(9-11-19)20-12-18(13-28-23(20)32-14-15-6-7-15)22(31)29-21(30)17-4-2-1-3-5-17/h8-13,15,17,21,30H,1-7,14H2,(H,29,31). The fourth-order valence-electron chi connectivity index (χ4n) is 4.00. The molecule has 0 bridgehead atoms. The number of ether oxygens (including phenoxy) is 2. The van der Waals surface area contributed by atoms with Crippen LogP contribution in [0.3, 0.4) is 0 Å². The SMILES string of the molecule is O=C(NC(O)C1CCCCC1)c1cnc(OCC2CC2)c(-c2ccc(OC(F)(F)F)cc2)c1. The minimum Gasteiger partial charge on any atom is -0.477 e. The van der Waals surface area contributed by atoms with Gasteiger partial charge in [0.15, 0.2) is 0 Å². The quantitative estimate of drug-likeness (QED) is 0.534. The fourth-order valence-corrected chi connectivity index (χ4v) is 4.00. The van der Waals surface area contributed by atoms with E-state index in [-0.39, 0.29) is 17.2 Å². The Bertz CT molecular complexity index is 955. The lowest BCUT2D eigenvalue weighted by atomic mass is 9.88. The minimum absolute atomic E-state index is 0.0254. The van der Waals surface area contributed by atoms with Crippen LogP contribution < -0.4 is 14.8 Å². The van der Waals surface area contributed by atoms with Crippen LogP contribution in [0.2, 0.25) is 0 Å². The Hall–Kier alpha value is -2.81. The molecule has 2 saturated carbocycles. The van der Waals surface area contributed by atoms with Crippen molar-refractivity contribution in [1.82, 2.24) is 10.3 Å². The molecule has 2 aliphatic rings. The second kappa shape index (κ2) is 9.99. The maximum Gasteiger partial charge on any atom is 0.573 e. The molecule has 1 atom stereocenters. The zero-order chi connectivity index (χ0) is 23.4. The number of pyridine rings is 1. The number of nitrogens with one attached hydrogen (secondary N) is 1. The highest BCUT2D eigenvalue weighted by molar-refractivity contribution is 5.95. The van der Waals surface area contributed by atoms with Crippen LogP contribution in [0, 0.1) is 11.8 Å². The van der Waals surface area contributed by atoms with Crippen molar-refractivity contribution in [1.29, 1.82) is 0 Å². The Kier molecular flexibility index (Phi) is 7.07. The lowest BCUT2D eigenvalue weighted by molar-refractivity contribution is -0.274. The van der Waals surface area contributed by atoms with Crippen molar-refractivity contribution in [2.24, 2.45) is 11.8 Å². The lowest BCUT2D eigenvalue weighted by Gasteiger charge is -2.27. The third kappa shape index (κ3) is 6.60. The number of hydrogen-bond donors (Lipinski definition) is 2. The Morgan fingerprint density at radius 3 is 2.45 bits per heavy atom. The maximum atomic E-state index is 12.8. The molecule has 0 aliphatic heterocycles. The predicted molar refractivity (Wildman–Crippen MR) is 115 cm³/mol. The second-order valence-electron chi connectivity index (χ2n) is 8.72. The summed E-state index contributed by atoms with van der Waals surface area (Å²) in [5, 5.41) is 13.1. The molecule has 9 heteroatoms. The molecule has 178 valence electrons. The summed E-state index contributed by atoms with van der Waals surface area (Å²) in [4.78, 5) is 17.1. The van der Waals surface area contributed by atoms with E-state index >= 15 is 0 Å². The molecule has 2 N–H and O–H groups in total. The van der Waals surface area contributed by atoms with Crippen molar-refractivity contribution in [3.8, 4) is 22.8 Å². The van der Waals surface area contributed by atoms with Crippen LogP contribution in [0.5, 0.6) is 11.6 Å². The zero-order valence-corrected chi connectivity index (χ0v) is 18.1. The summed E-state index contributed by atoms with van der Waals surface area (Å²) in [6.45, 7) is 0.487. The smallest absolute Gasteiger partial charge is 0.477 e. The van der Waals surface area contributed by atoms with Gasteiger partial charge in [-0.3, -0.25) is 4.79 Å². The van der Waals surface area contributed by atoms with Gasteiger partial charge in [-0.25, -0.2) is 4.98 Å². The molecule has 0 saturated heterocycles. The number of alkyl halides is 3. The number of halogens is 3. The number of nitrogens with zero attached hydrogens (tertiary/aromatic N) is 1. The number of hydrogen-bond acceptors (Lipinski definition) is 5. The first-order valence-corrected chi connectivity index (χ1v) is 11.3. The Morgan fingerprint density at radius 1 is 1.12 bits per heavy atom. The van der Waals surface area contributed by atoms with Gasteiger partial charge in [0.25, 0.3) is 5.91 Å². The van der Waals surface area contributed by atoms with Gasteiger partial charge in [-0.15, -0.1) is 13.2 Å². The van der Waals surface area contributed by atoms with Gasteiger partial charge in [-0.05, 0) is 55.4 Å². The molecule has 1 aromatic heterocycles. The number of aliphatic hydroxyl groups excluding tert-OH is 1. The van der Waals surface area contributed by atoms with Crippen LogP contribution in [0.4, 0.5) is 13.2 Å². The highest BCUT2D eigenvalue weighted by Crippen LogP contribution is 2.34. The van der Waals surface area contributed by atoms with E-state index in [0.29, 0.717) is 29.5 Å². The van der Waals surface area contributed by atoms with Crippen molar-refractivity contribution in [3.63, 3.8) is 0 Å². The molecule has 0 spiro atoms. The normalized spacial score (nSPS) is 17.9. The number of amides is 1. The van der Waals surface area contributed by atoms with Crippen LogP contribution in [0.1, 0.15) is 55.3 Å². The third-order valence-corrected chi connectivity index (χ3v) is 6.04. The van der Waals surface area contributed by atoms with Gasteiger partial charge in [-0.1, -0.05) is 31.4 Å². The van der Waals surface area contributed by atoms with E-state index < -0.39 is 18.5 Å². The van der Waals surface area contributed by atoms with E-state index in [9.17, 15) is 23.1 Å². The van der Waals surface area contributed by atoms with Gasteiger partial charge in [0.1, 0.15) is 12.0 Å². The molecule has 1 amide bonds. The molecule has 1 heterocycles. The van der Waals surface area contributed by atoms with Gasteiger partial charge >= 0.3 is 6.36 Å². The van der Waals surface area contributed by atoms with E-state index in [0.717, 1.165) is 44.9 Å². The van der Waals surface area contributed by atoms with Crippen molar-refractivity contribution in [2.45, 2.75) is 57.5 Å². The van der Waals surface area contributed by atoms with E-state index in [1.807, 2.05) is 0 Å². The lowest BCUT2D eigenvalue weighted by Crippen LogP contribution is -2.41. The van der Waals surface area contributed by atoms with E-state index in [2.05, 4.69) is 15.0 Å². The Labute approximate surface area is 190 Å². The first-order valence-electron chi connectivity index (χ1n) is 11.3. The van der Waals surface area contributed by atoms with Crippen molar-refractivity contribution in [3.05, 3.63) is 42.1 Å². The number of carbonyl (C=O) groups excluding carboxylic acids is 1. The monoisotopic (exact) mass is 464 g/mol. The number of carbonyl (C=O) groups is 1. The molecular formula is C24H27F3N2O4. The van der Waals surface area contributed by atoms with Gasteiger partial charge in [-0.2, -0.15) is 0 Å². The Balaban J connectivity index is 1.54. The third-order valence-electron chi connectivity index (χ3n) is 6.04. The zero-order valence-electron chi connectivity index (χ0n) is 18.1. The molecule has 2 aromatic rings. The summed E-state index contributed by atoms with van der Waals surface area (Å²) in [5.41, 5.74) is 1.24. The number of benzene rings is 1. The van der Waals surface area contributed by atoms with Crippen LogP contribution in [-0.4, -0.2) is 35.2 Å². The van der Waals surface area contributed by atoms with E-state index in [4.69, 9.17) is 4.74 Å². The Morgan fingerprint density at radius 2 is 1.82 bits per heavy atom. The first kappa shape index (κ1) is 23.4. The summed E-state index contributed by atoms with van der Waals surface area (Å²) < 4.78 is 47.2. The summed E-state index contributed by atoms with van der Waals surface area (Å²) >= 11 is 0. The second-order valence-corrected chi connectivity index (χ2v) is 8.72. The first-order chi connectivity index (χ1) is 15.8. The molecule has 1 aromatic carbocycles. The topological polar surface area (TPSA) is 80.7 Å². The van der Waals surface area contributed by atoms with Crippen molar-refractivity contribution in [2.75, 3.05) is 6.61 Å². The summed E-state index contributed by atoms with van der Waals surface area (Å²) in [5.74, 6) is -0.0131. The van der Waals surface area contributed by atoms with Crippen LogP contribution in [0.15, 0.2) is 36.5 Å². The molecule has 2 aliphatic carbocycles. The average Bonchev–Trinajstić information content (AvgIpc) is 3.62. The highest BCUT2D eigenvalue weighted by Gasteiger charge is 2.31. The molecule has 0 radical (unpaired) electrons. The molecule has 2 fully saturated rings. The largest absolute Gasteiger partial charge is 0.573 e. The minimum atomic E-state index is -4.78. The van der Waals surface area contributed by atoms with Gasteiger partial charge in [0.05, 0.1) is 12.2 Å². The van der Waals surface area contributed by atoms with Gasteiger partial charge < -0.3 is 19.9 Å². The van der Waals surface area contributed by atoms with Crippen molar-refractivity contribution < 1.29 is 32.5 Å². The highest BCUT2D eigenvalue weighted by atomic mass is 19.4. The average molecular weight is 464 g/mol. The molecule has 1 unspecified atom stereocenters. The summed E-state index contributed by atoms with van der Waals surface area (Å²) in [6.07, 6.45) is 2.77. The van der Waals surface area contributed by atoms with Crippen LogP contribution in [0.25, 0.3) is 11.1 Å². The van der Waals surface area contributed by atoms with Gasteiger partial charge in [0.2, 0.25) is 5.88 Å². The van der Waals surface area contributed by atoms with E-state index in [1.54, 1.807) is 6.07 Å². The summed E-state index contributed by atoms with van der Waals surface area (Å²) in [7, 11) is 0. The molecule has 33 heavy (non-hydrogen) atoms. The fraction of sp³-hybridized carbons (Fsp3) is 0.500. The summed E-state index contributed by atoms with van der Waals surface area (Å²) in [6, 6.07) is 6.90.